The molecule has 1 unspecified atom stereocenters. The molecule has 1 aromatic rings. The van der Waals surface area contributed by atoms with E-state index < -0.39 is 5.82 Å². The van der Waals surface area contributed by atoms with Crippen LogP contribution < -0.4 is 11.1 Å². The van der Waals surface area contributed by atoms with Crippen molar-refractivity contribution in [3.8, 4) is 0 Å². The van der Waals surface area contributed by atoms with E-state index in [0.717, 1.165) is 12.3 Å². The molecule has 0 radical (unpaired) electrons. The highest BCUT2D eigenvalue weighted by Gasteiger charge is 2.15. The molecule has 0 saturated carbocycles. The summed E-state index contributed by atoms with van der Waals surface area (Å²) in [5.41, 5.74) is 5.73. The molecule has 0 aliphatic heterocycles. The van der Waals surface area contributed by atoms with Crippen molar-refractivity contribution in [2.75, 3.05) is 6.54 Å². The Bertz CT molecular complexity index is 368. The summed E-state index contributed by atoms with van der Waals surface area (Å²) in [6, 6.07) is 1.03. The van der Waals surface area contributed by atoms with Crippen LogP contribution in [0.5, 0.6) is 0 Å². The van der Waals surface area contributed by atoms with Crippen LogP contribution in [0.2, 0.25) is 0 Å². The number of nitrogens with one attached hydrogen (secondary N) is 1. The number of pyridine rings is 1. The van der Waals surface area contributed by atoms with Gasteiger partial charge in [0.25, 0.3) is 5.91 Å². The summed E-state index contributed by atoms with van der Waals surface area (Å²) in [7, 11) is 0. The zero-order chi connectivity index (χ0) is 12.1. The van der Waals surface area contributed by atoms with E-state index in [1.807, 2.05) is 13.8 Å². The summed E-state index contributed by atoms with van der Waals surface area (Å²) in [5, 5.41) is 2.74. The maximum Gasteiger partial charge on any atom is 0.253 e. The minimum atomic E-state index is -0.526. The van der Waals surface area contributed by atoms with Crippen LogP contribution in [0.15, 0.2) is 18.5 Å². The number of hydrogen-bond acceptors (Lipinski definition) is 3. The van der Waals surface area contributed by atoms with Gasteiger partial charge >= 0.3 is 0 Å². The van der Waals surface area contributed by atoms with E-state index in [0.29, 0.717) is 6.54 Å². The van der Waals surface area contributed by atoms with E-state index in [1.54, 1.807) is 0 Å². The summed E-state index contributed by atoms with van der Waals surface area (Å²) >= 11 is 0. The lowest BCUT2D eigenvalue weighted by atomic mass is 10.0. The minimum absolute atomic E-state index is 0.115. The largest absolute Gasteiger partial charge is 0.348 e. The zero-order valence-electron chi connectivity index (χ0n) is 9.40. The van der Waals surface area contributed by atoms with Crippen LogP contribution in [0.1, 0.15) is 24.2 Å². The topological polar surface area (TPSA) is 68.0 Å². The third-order valence-electron chi connectivity index (χ3n) is 2.34. The summed E-state index contributed by atoms with van der Waals surface area (Å²) in [4.78, 5) is 15.3. The van der Waals surface area contributed by atoms with Gasteiger partial charge in [0, 0.05) is 18.8 Å². The highest BCUT2D eigenvalue weighted by Crippen LogP contribution is 2.04. The number of amides is 1. The van der Waals surface area contributed by atoms with Gasteiger partial charge in [0.05, 0.1) is 11.8 Å². The molecule has 1 heterocycles. The smallest absolute Gasteiger partial charge is 0.253 e. The van der Waals surface area contributed by atoms with Crippen LogP contribution >= 0.6 is 0 Å². The molecule has 5 heteroatoms. The summed E-state index contributed by atoms with van der Waals surface area (Å²) in [5.74, 6) is -0.645. The quantitative estimate of drug-likeness (QED) is 0.801. The maximum absolute atomic E-state index is 12.8. The van der Waals surface area contributed by atoms with Crippen LogP contribution in [-0.2, 0) is 0 Å². The number of carbonyl (C=O) groups excluding carboxylic acids is 1. The molecule has 0 aliphatic carbocycles. The van der Waals surface area contributed by atoms with E-state index in [9.17, 15) is 9.18 Å². The molecule has 16 heavy (non-hydrogen) atoms. The first-order chi connectivity index (χ1) is 7.54. The molecule has 0 aliphatic rings. The summed E-state index contributed by atoms with van der Waals surface area (Å²) in [6.45, 7) is 4.27. The summed E-state index contributed by atoms with van der Waals surface area (Å²) < 4.78 is 12.8. The first-order valence-corrected chi connectivity index (χ1v) is 5.16. The molecule has 0 aromatic carbocycles. The fourth-order valence-electron chi connectivity index (χ4n) is 1.29. The minimum Gasteiger partial charge on any atom is -0.348 e. The van der Waals surface area contributed by atoms with E-state index in [2.05, 4.69) is 10.3 Å². The van der Waals surface area contributed by atoms with Crippen LogP contribution in [0.4, 0.5) is 4.39 Å². The molecule has 1 rings (SSSR count). The van der Waals surface area contributed by atoms with Gasteiger partial charge in [-0.2, -0.15) is 0 Å². The molecule has 1 atom stereocenters. The lowest BCUT2D eigenvalue weighted by molar-refractivity contribution is 0.0927. The molecule has 88 valence electrons. The second-order valence-corrected chi connectivity index (χ2v) is 3.95. The van der Waals surface area contributed by atoms with Gasteiger partial charge < -0.3 is 11.1 Å². The van der Waals surface area contributed by atoms with E-state index in [1.165, 1.54) is 6.20 Å². The molecule has 0 spiro atoms. The first kappa shape index (κ1) is 12.6. The SMILES string of the molecule is CC(C)C(CN)NC(=O)c1cncc(F)c1. The van der Waals surface area contributed by atoms with Crippen LogP contribution in [0, 0.1) is 11.7 Å². The number of hydrogen-bond donors (Lipinski definition) is 2. The van der Waals surface area contributed by atoms with Crippen LogP contribution in [0.3, 0.4) is 0 Å². The van der Waals surface area contributed by atoms with Crippen molar-refractivity contribution in [3.63, 3.8) is 0 Å². The monoisotopic (exact) mass is 225 g/mol. The van der Waals surface area contributed by atoms with Crippen molar-refractivity contribution in [1.29, 1.82) is 0 Å². The number of rotatable bonds is 4. The Labute approximate surface area is 94.1 Å². The average molecular weight is 225 g/mol. The Morgan fingerprint density at radius 1 is 1.56 bits per heavy atom. The number of aromatic nitrogens is 1. The van der Waals surface area contributed by atoms with Crippen LogP contribution in [0.25, 0.3) is 0 Å². The second kappa shape index (κ2) is 5.55. The fraction of sp³-hybridized carbons (Fsp3) is 0.455. The van der Waals surface area contributed by atoms with Crippen molar-refractivity contribution in [2.24, 2.45) is 11.7 Å². The molecule has 1 amide bonds. The van der Waals surface area contributed by atoms with E-state index in [-0.39, 0.29) is 23.4 Å². The molecule has 1 aromatic heterocycles. The van der Waals surface area contributed by atoms with Gasteiger partial charge in [0.2, 0.25) is 0 Å². The number of halogens is 1. The van der Waals surface area contributed by atoms with Crippen molar-refractivity contribution in [3.05, 3.63) is 29.8 Å². The predicted molar refractivity (Wildman–Crippen MR) is 59.3 cm³/mol. The van der Waals surface area contributed by atoms with Crippen molar-refractivity contribution < 1.29 is 9.18 Å². The molecular formula is C11H16FN3O. The number of nitrogens with zero attached hydrogens (tertiary/aromatic N) is 1. The summed E-state index contributed by atoms with van der Waals surface area (Å²) in [6.07, 6.45) is 2.38. The van der Waals surface area contributed by atoms with Crippen molar-refractivity contribution in [1.82, 2.24) is 10.3 Å². The normalized spacial score (nSPS) is 12.6. The van der Waals surface area contributed by atoms with Gasteiger partial charge in [-0.05, 0) is 12.0 Å². The third kappa shape index (κ3) is 3.27. The zero-order valence-corrected chi connectivity index (χ0v) is 9.40. The molecule has 3 N–H and O–H groups in total. The third-order valence-corrected chi connectivity index (χ3v) is 2.34. The van der Waals surface area contributed by atoms with E-state index >= 15 is 0 Å². The molecule has 0 saturated heterocycles. The lowest BCUT2D eigenvalue weighted by Gasteiger charge is -2.20. The molecule has 0 fully saturated rings. The maximum atomic E-state index is 12.8. The molecular weight excluding hydrogens is 209 g/mol. The van der Waals surface area contributed by atoms with Crippen molar-refractivity contribution >= 4 is 5.91 Å². The van der Waals surface area contributed by atoms with Gasteiger partial charge in [-0.15, -0.1) is 0 Å². The molecule has 0 bridgehead atoms. The Morgan fingerprint density at radius 3 is 2.75 bits per heavy atom. The first-order valence-electron chi connectivity index (χ1n) is 5.16. The van der Waals surface area contributed by atoms with E-state index in [4.69, 9.17) is 5.73 Å². The second-order valence-electron chi connectivity index (χ2n) is 3.95. The van der Waals surface area contributed by atoms with Crippen LogP contribution in [-0.4, -0.2) is 23.5 Å². The highest BCUT2D eigenvalue weighted by atomic mass is 19.1. The Kier molecular flexibility index (Phi) is 4.37. The fourth-order valence-corrected chi connectivity index (χ4v) is 1.29. The Morgan fingerprint density at radius 2 is 2.25 bits per heavy atom. The van der Waals surface area contributed by atoms with Gasteiger partial charge in [0.1, 0.15) is 5.82 Å². The standard InChI is InChI=1S/C11H16FN3O/c1-7(2)10(4-13)15-11(16)8-3-9(12)6-14-5-8/h3,5-7,10H,4,13H2,1-2H3,(H,15,16). The van der Waals surface area contributed by atoms with Gasteiger partial charge in [0.15, 0.2) is 0 Å². The van der Waals surface area contributed by atoms with Gasteiger partial charge in [-0.1, -0.05) is 13.8 Å². The number of carbonyl (C=O) groups is 1. The van der Waals surface area contributed by atoms with Crippen molar-refractivity contribution in [2.45, 2.75) is 19.9 Å². The predicted octanol–water partition coefficient (Wildman–Crippen LogP) is 0.934. The lowest BCUT2D eigenvalue weighted by Crippen LogP contribution is -2.43. The van der Waals surface area contributed by atoms with Gasteiger partial charge in [-0.25, -0.2) is 4.39 Å². The average Bonchev–Trinajstić information content (AvgIpc) is 2.25. The highest BCUT2D eigenvalue weighted by molar-refractivity contribution is 5.94. The number of nitrogens with two attached hydrogens (primary N) is 1. The van der Waals surface area contributed by atoms with Gasteiger partial charge in [-0.3, -0.25) is 9.78 Å². The molecule has 4 nitrogen and oxygen atoms in total. The Balaban J connectivity index is 2.72. The Hall–Kier alpha value is -1.49.